The number of nitrogens with one attached hydrogen (secondary N) is 1. The van der Waals surface area contributed by atoms with Gasteiger partial charge in [-0.2, -0.15) is 0 Å². The maximum atomic E-state index is 10.1. The van der Waals surface area contributed by atoms with Gasteiger partial charge in [0.1, 0.15) is 0 Å². The fraction of sp³-hybridized carbons (Fsp3) is 1.00. The molecule has 112 valence electrons. The molecule has 0 aromatic rings. The maximum absolute atomic E-state index is 10.1. The summed E-state index contributed by atoms with van der Waals surface area (Å²) in [4.78, 5) is 2.55. The number of aliphatic hydroxyl groups excluding tert-OH is 1. The van der Waals surface area contributed by atoms with Gasteiger partial charge in [0.25, 0.3) is 0 Å². The molecular formula is C15H30N2O2. The average molecular weight is 270 g/mol. The molecule has 4 heteroatoms. The van der Waals surface area contributed by atoms with Gasteiger partial charge < -0.3 is 15.2 Å². The van der Waals surface area contributed by atoms with E-state index in [1.807, 2.05) is 0 Å². The maximum Gasteiger partial charge on any atom is 0.0791 e. The Bertz CT molecular complexity index is 248. The zero-order valence-corrected chi connectivity index (χ0v) is 12.3. The molecule has 2 N–H and O–H groups in total. The van der Waals surface area contributed by atoms with Crippen molar-refractivity contribution in [2.24, 2.45) is 5.92 Å². The number of piperidine rings is 1. The molecule has 0 spiro atoms. The van der Waals surface area contributed by atoms with E-state index in [-0.39, 0.29) is 6.10 Å². The van der Waals surface area contributed by atoms with Crippen molar-refractivity contribution in [1.29, 1.82) is 0 Å². The molecule has 0 aromatic carbocycles. The number of methoxy groups -OCH3 is 1. The molecule has 2 fully saturated rings. The first-order valence-electron chi connectivity index (χ1n) is 7.93. The van der Waals surface area contributed by atoms with Gasteiger partial charge in [-0.15, -0.1) is 0 Å². The lowest BCUT2D eigenvalue weighted by Gasteiger charge is -2.44. The SMILES string of the molecule is COCCNCC(O)CN1CCCC2CCCCC21. The fourth-order valence-corrected chi connectivity index (χ4v) is 3.73. The molecule has 2 aliphatic rings. The molecule has 19 heavy (non-hydrogen) atoms. The molecule has 1 saturated carbocycles. The molecule has 4 nitrogen and oxygen atoms in total. The van der Waals surface area contributed by atoms with Crippen molar-refractivity contribution < 1.29 is 9.84 Å². The number of ether oxygens (including phenoxy) is 1. The summed E-state index contributed by atoms with van der Waals surface area (Å²) >= 11 is 0. The average Bonchev–Trinajstić information content (AvgIpc) is 2.44. The Balaban J connectivity index is 1.70. The molecule has 1 aliphatic heterocycles. The summed E-state index contributed by atoms with van der Waals surface area (Å²) in [6, 6.07) is 0.746. The molecule has 0 amide bonds. The van der Waals surface area contributed by atoms with Crippen LogP contribution in [0.1, 0.15) is 38.5 Å². The lowest BCUT2D eigenvalue weighted by atomic mass is 9.78. The van der Waals surface area contributed by atoms with Crippen LogP contribution in [0, 0.1) is 5.92 Å². The second-order valence-electron chi connectivity index (χ2n) is 6.10. The van der Waals surface area contributed by atoms with Crippen LogP contribution >= 0.6 is 0 Å². The van der Waals surface area contributed by atoms with Crippen molar-refractivity contribution in [1.82, 2.24) is 10.2 Å². The van der Waals surface area contributed by atoms with Crippen LogP contribution in [0.5, 0.6) is 0 Å². The van der Waals surface area contributed by atoms with Gasteiger partial charge in [-0.25, -0.2) is 0 Å². The fourth-order valence-electron chi connectivity index (χ4n) is 3.73. The number of rotatable bonds is 7. The van der Waals surface area contributed by atoms with Crippen molar-refractivity contribution in [3.8, 4) is 0 Å². The summed E-state index contributed by atoms with van der Waals surface area (Å²) in [6.07, 6.45) is 8.00. The van der Waals surface area contributed by atoms with Gasteiger partial charge in [-0.05, 0) is 38.1 Å². The zero-order chi connectivity index (χ0) is 13.5. The van der Waals surface area contributed by atoms with Crippen molar-refractivity contribution in [3.05, 3.63) is 0 Å². The minimum Gasteiger partial charge on any atom is -0.390 e. The van der Waals surface area contributed by atoms with Crippen LogP contribution in [-0.4, -0.2) is 62.0 Å². The highest BCUT2D eigenvalue weighted by Crippen LogP contribution is 2.35. The van der Waals surface area contributed by atoms with E-state index in [4.69, 9.17) is 4.74 Å². The predicted octanol–water partition coefficient (Wildman–Crippen LogP) is 1.24. The summed E-state index contributed by atoms with van der Waals surface area (Å²) in [5.74, 6) is 0.899. The number of hydrogen-bond acceptors (Lipinski definition) is 4. The van der Waals surface area contributed by atoms with Crippen molar-refractivity contribution in [2.75, 3.05) is 39.9 Å². The molecule has 1 heterocycles. The Labute approximate surface area is 117 Å². The third kappa shape index (κ3) is 4.71. The highest BCUT2D eigenvalue weighted by molar-refractivity contribution is 4.88. The molecule has 0 radical (unpaired) electrons. The molecule has 1 saturated heterocycles. The third-order valence-electron chi connectivity index (χ3n) is 4.67. The van der Waals surface area contributed by atoms with Gasteiger partial charge in [-0.3, -0.25) is 4.90 Å². The van der Waals surface area contributed by atoms with E-state index in [1.165, 1.54) is 45.1 Å². The predicted molar refractivity (Wildman–Crippen MR) is 77.3 cm³/mol. The standard InChI is InChI=1S/C15H30N2O2/c1-19-10-8-16-11-14(18)12-17-9-4-6-13-5-2-3-7-15(13)17/h13-16,18H,2-12H2,1H3. The second kappa shape index (κ2) is 8.20. The Morgan fingerprint density at radius 2 is 2.05 bits per heavy atom. The van der Waals surface area contributed by atoms with E-state index in [0.29, 0.717) is 13.2 Å². The van der Waals surface area contributed by atoms with Gasteiger partial charge in [0, 0.05) is 32.8 Å². The van der Waals surface area contributed by atoms with Crippen LogP contribution in [0.25, 0.3) is 0 Å². The van der Waals surface area contributed by atoms with Crippen LogP contribution in [0.3, 0.4) is 0 Å². The molecular weight excluding hydrogens is 240 g/mol. The Hall–Kier alpha value is -0.160. The summed E-state index contributed by atoms with van der Waals surface area (Å²) in [6.45, 7) is 4.22. The Kier molecular flexibility index (Phi) is 6.57. The monoisotopic (exact) mass is 270 g/mol. The van der Waals surface area contributed by atoms with E-state index in [9.17, 15) is 5.11 Å². The van der Waals surface area contributed by atoms with Gasteiger partial charge in [0.05, 0.1) is 12.7 Å². The topological polar surface area (TPSA) is 44.7 Å². The van der Waals surface area contributed by atoms with Crippen LogP contribution in [0.2, 0.25) is 0 Å². The number of nitrogens with zero attached hydrogens (tertiary/aromatic N) is 1. The van der Waals surface area contributed by atoms with Gasteiger partial charge >= 0.3 is 0 Å². The largest absolute Gasteiger partial charge is 0.390 e. The van der Waals surface area contributed by atoms with Crippen LogP contribution in [0.4, 0.5) is 0 Å². The van der Waals surface area contributed by atoms with E-state index >= 15 is 0 Å². The summed E-state index contributed by atoms with van der Waals surface area (Å²) in [5, 5.41) is 13.4. The summed E-state index contributed by atoms with van der Waals surface area (Å²) < 4.78 is 4.99. The lowest BCUT2D eigenvalue weighted by molar-refractivity contribution is 0.0210. The van der Waals surface area contributed by atoms with E-state index in [1.54, 1.807) is 7.11 Å². The number of hydrogen-bond donors (Lipinski definition) is 2. The van der Waals surface area contributed by atoms with Crippen LogP contribution in [0.15, 0.2) is 0 Å². The molecule has 0 bridgehead atoms. The third-order valence-corrected chi connectivity index (χ3v) is 4.67. The van der Waals surface area contributed by atoms with Gasteiger partial charge in [-0.1, -0.05) is 12.8 Å². The van der Waals surface area contributed by atoms with Crippen LogP contribution in [-0.2, 0) is 4.74 Å². The summed E-state index contributed by atoms with van der Waals surface area (Å²) in [5.41, 5.74) is 0. The van der Waals surface area contributed by atoms with Gasteiger partial charge in [0.2, 0.25) is 0 Å². The second-order valence-corrected chi connectivity index (χ2v) is 6.10. The minimum atomic E-state index is -0.252. The first-order valence-corrected chi connectivity index (χ1v) is 7.93. The molecule has 1 aliphatic carbocycles. The number of fused-ring (bicyclic) bond motifs is 1. The van der Waals surface area contributed by atoms with Crippen LogP contribution < -0.4 is 5.32 Å². The highest BCUT2D eigenvalue weighted by Gasteiger charge is 2.33. The molecule has 0 aromatic heterocycles. The zero-order valence-electron chi connectivity index (χ0n) is 12.3. The van der Waals surface area contributed by atoms with Gasteiger partial charge in [0.15, 0.2) is 0 Å². The normalized spacial score (nSPS) is 30.0. The van der Waals surface area contributed by atoms with Crippen molar-refractivity contribution in [2.45, 2.75) is 50.7 Å². The number of likely N-dealkylation sites (tertiary alicyclic amines) is 1. The number of aliphatic hydroxyl groups is 1. The molecule has 3 atom stereocenters. The quantitative estimate of drug-likeness (QED) is 0.683. The highest BCUT2D eigenvalue weighted by atomic mass is 16.5. The Morgan fingerprint density at radius 3 is 2.89 bits per heavy atom. The first kappa shape index (κ1) is 15.2. The lowest BCUT2D eigenvalue weighted by Crippen LogP contribution is -2.50. The number of β-amino-alcohol motifs (C(OH)–C–C–N with tert-alkyl or cyclic N) is 1. The van der Waals surface area contributed by atoms with Crippen molar-refractivity contribution >= 4 is 0 Å². The smallest absolute Gasteiger partial charge is 0.0791 e. The first-order chi connectivity index (χ1) is 9.31. The summed E-state index contributed by atoms with van der Waals surface area (Å²) in [7, 11) is 1.70. The molecule has 3 unspecified atom stereocenters. The van der Waals surface area contributed by atoms with Crippen molar-refractivity contribution in [3.63, 3.8) is 0 Å². The van der Waals surface area contributed by atoms with E-state index in [2.05, 4.69) is 10.2 Å². The Morgan fingerprint density at radius 1 is 1.26 bits per heavy atom. The minimum absolute atomic E-state index is 0.252. The van der Waals surface area contributed by atoms with E-state index < -0.39 is 0 Å². The molecule has 2 rings (SSSR count). The van der Waals surface area contributed by atoms with E-state index in [0.717, 1.165) is 25.0 Å².